The molecule has 1 N–H and O–H groups in total. The number of carbonyl (C=O) groups excluding carboxylic acids is 2. The van der Waals surface area contributed by atoms with Crippen LogP contribution in [-0.2, 0) is 4.79 Å². The topological polar surface area (TPSA) is 52.7 Å². The number of hydrogen-bond acceptors (Lipinski definition) is 3. The third kappa shape index (κ3) is 5.43. The first-order valence-corrected chi connectivity index (χ1v) is 10.8. The van der Waals surface area contributed by atoms with Gasteiger partial charge in [0.1, 0.15) is 0 Å². The predicted molar refractivity (Wildman–Crippen MR) is 130 cm³/mol. The van der Waals surface area contributed by atoms with Crippen molar-refractivity contribution in [3.63, 3.8) is 0 Å². The van der Waals surface area contributed by atoms with E-state index in [-0.39, 0.29) is 11.8 Å². The van der Waals surface area contributed by atoms with Crippen molar-refractivity contribution in [1.82, 2.24) is 4.90 Å². The molecular weight excluding hydrogens is 398 g/mol. The Balaban J connectivity index is 1.29. The minimum absolute atomic E-state index is 0.0891. The lowest BCUT2D eigenvalue weighted by molar-refractivity contribution is -0.111. The molecule has 4 rings (SSSR count). The van der Waals surface area contributed by atoms with Gasteiger partial charge in [-0.25, -0.2) is 0 Å². The van der Waals surface area contributed by atoms with Crippen LogP contribution in [0.15, 0.2) is 84.9 Å². The fraction of sp³-hybridized carbons (Fsp3) is 0.185. The number of aryl methyl sites for hydroxylation is 1. The summed E-state index contributed by atoms with van der Waals surface area (Å²) in [6, 6.07) is 25.3. The van der Waals surface area contributed by atoms with E-state index in [9.17, 15) is 9.59 Å². The summed E-state index contributed by atoms with van der Waals surface area (Å²) in [5.41, 5.74) is 4.72. The average Bonchev–Trinajstić information content (AvgIpc) is 2.84. The molecule has 3 aromatic carbocycles. The first kappa shape index (κ1) is 21.4. The van der Waals surface area contributed by atoms with Crippen molar-refractivity contribution in [3.05, 3.63) is 102 Å². The maximum atomic E-state index is 12.7. The monoisotopic (exact) mass is 425 g/mol. The molecular formula is C27H27N3O2. The second kappa shape index (κ2) is 9.96. The van der Waals surface area contributed by atoms with E-state index >= 15 is 0 Å². The highest BCUT2D eigenvalue weighted by atomic mass is 16.2. The molecule has 2 amide bonds. The smallest absolute Gasteiger partial charge is 0.253 e. The zero-order chi connectivity index (χ0) is 22.3. The van der Waals surface area contributed by atoms with E-state index in [2.05, 4.69) is 10.2 Å². The van der Waals surface area contributed by atoms with Gasteiger partial charge in [-0.2, -0.15) is 0 Å². The van der Waals surface area contributed by atoms with E-state index in [0.29, 0.717) is 13.1 Å². The van der Waals surface area contributed by atoms with Gasteiger partial charge in [0.25, 0.3) is 5.91 Å². The number of hydrogen-bond donors (Lipinski definition) is 1. The van der Waals surface area contributed by atoms with Crippen LogP contribution in [-0.4, -0.2) is 42.9 Å². The van der Waals surface area contributed by atoms with Gasteiger partial charge in [0, 0.05) is 49.2 Å². The van der Waals surface area contributed by atoms with Crippen molar-refractivity contribution in [2.24, 2.45) is 0 Å². The predicted octanol–water partition coefficient (Wildman–Crippen LogP) is 4.61. The van der Waals surface area contributed by atoms with Gasteiger partial charge in [-0.05, 0) is 55.0 Å². The molecule has 0 radical (unpaired) electrons. The molecule has 32 heavy (non-hydrogen) atoms. The Morgan fingerprint density at radius 1 is 0.812 bits per heavy atom. The number of rotatable bonds is 5. The SMILES string of the molecule is Cc1ccc(C(=O)N2CCN(c3ccc(NC(=O)/C=C/c4ccccc4)cc3)CC2)cc1. The lowest BCUT2D eigenvalue weighted by Gasteiger charge is -2.36. The highest BCUT2D eigenvalue weighted by molar-refractivity contribution is 6.02. The number of anilines is 2. The Kier molecular flexibility index (Phi) is 6.66. The van der Waals surface area contributed by atoms with Gasteiger partial charge in [-0.3, -0.25) is 9.59 Å². The van der Waals surface area contributed by atoms with E-state index in [0.717, 1.165) is 41.2 Å². The highest BCUT2D eigenvalue weighted by Crippen LogP contribution is 2.20. The van der Waals surface area contributed by atoms with Gasteiger partial charge in [-0.15, -0.1) is 0 Å². The number of carbonyl (C=O) groups is 2. The summed E-state index contributed by atoms with van der Waals surface area (Å²) in [7, 11) is 0. The quantitative estimate of drug-likeness (QED) is 0.608. The molecule has 0 spiro atoms. The standard InChI is InChI=1S/C27H27N3O2/c1-21-7-10-23(11-8-21)27(32)30-19-17-29(18-20-30)25-14-12-24(13-15-25)28-26(31)16-9-22-5-3-2-4-6-22/h2-16H,17-20H2,1H3,(H,28,31)/b16-9+. The van der Waals surface area contributed by atoms with Gasteiger partial charge in [0.2, 0.25) is 5.91 Å². The maximum absolute atomic E-state index is 12.7. The van der Waals surface area contributed by atoms with Gasteiger partial charge >= 0.3 is 0 Å². The van der Waals surface area contributed by atoms with Crippen LogP contribution in [0.25, 0.3) is 6.08 Å². The molecule has 1 fully saturated rings. The summed E-state index contributed by atoms with van der Waals surface area (Å²) in [5.74, 6) is -0.0731. The van der Waals surface area contributed by atoms with Crippen LogP contribution in [0.4, 0.5) is 11.4 Å². The van der Waals surface area contributed by atoms with Crippen molar-refractivity contribution in [2.75, 3.05) is 36.4 Å². The van der Waals surface area contributed by atoms with Crippen LogP contribution in [0.1, 0.15) is 21.5 Å². The van der Waals surface area contributed by atoms with E-state index in [1.165, 1.54) is 6.08 Å². The van der Waals surface area contributed by atoms with Crippen molar-refractivity contribution in [2.45, 2.75) is 6.92 Å². The maximum Gasteiger partial charge on any atom is 0.253 e. The molecule has 162 valence electrons. The lowest BCUT2D eigenvalue weighted by Crippen LogP contribution is -2.48. The van der Waals surface area contributed by atoms with E-state index in [1.54, 1.807) is 6.08 Å². The molecule has 0 atom stereocenters. The molecule has 0 saturated carbocycles. The Bertz CT molecular complexity index is 1080. The molecule has 1 heterocycles. The summed E-state index contributed by atoms with van der Waals surface area (Å²) in [6.45, 7) is 4.96. The molecule has 5 heteroatoms. The van der Waals surface area contributed by atoms with Crippen molar-refractivity contribution in [3.8, 4) is 0 Å². The van der Waals surface area contributed by atoms with Crippen molar-refractivity contribution < 1.29 is 9.59 Å². The first-order chi connectivity index (χ1) is 15.6. The van der Waals surface area contributed by atoms with Gasteiger partial charge in [0.05, 0.1) is 0 Å². The molecule has 0 aromatic heterocycles. The Labute approximate surface area is 189 Å². The summed E-state index contributed by atoms with van der Waals surface area (Å²) < 4.78 is 0. The number of amides is 2. The normalized spacial score (nSPS) is 13.9. The summed E-state index contributed by atoms with van der Waals surface area (Å²) in [6.07, 6.45) is 3.33. The van der Waals surface area contributed by atoms with Crippen LogP contribution >= 0.6 is 0 Å². The Morgan fingerprint density at radius 2 is 1.47 bits per heavy atom. The number of nitrogens with zero attached hydrogens (tertiary/aromatic N) is 2. The van der Waals surface area contributed by atoms with Crippen molar-refractivity contribution >= 4 is 29.3 Å². The second-order valence-electron chi connectivity index (χ2n) is 7.93. The second-order valence-corrected chi connectivity index (χ2v) is 7.93. The average molecular weight is 426 g/mol. The molecule has 3 aromatic rings. The molecule has 0 aliphatic carbocycles. The van der Waals surface area contributed by atoms with Gasteiger partial charge in [-0.1, -0.05) is 48.0 Å². The van der Waals surface area contributed by atoms with E-state index in [4.69, 9.17) is 0 Å². The number of nitrogens with one attached hydrogen (secondary N) is 1. The molecule has 0 unspecified atom stereocenters. The van der Waals surface area contributed by atoms with E-state index in [1.807, 2.05) is 90.7 Å². The number of piperazine rings is 1. The van der Waals surface area contributed by atoms with Crippen LogP contribution in [0.2, 0.25) is 0 Å². The van der Waals surface area contributed by atoms with Crippen LogP contribution in [0.5, 0.6) is 0 Å². The van der Waals surface area contributed by atoms with Crippen LogP contribution in [0.3, 0.4) is 0 Å². The minimum Gasteiger partial charge on any atom is -0.368 e. The third-order valence-corrected chi connectivity index (χ3v) is 5.59. The third-order valence-electron chi connectivity index (χ3n) is 5.59. The zero-order valence-electron chi connectivity index (χ0n) is 18.2. The number of benzene rings is 3. The van der Waals surface area contributed by atoms with Crippen molar-refractivity contribution in [1.29, 1.82) is 0 Å². The minimum atomic E-state index is -0.162. The summed E-state index contributed by atoms with van der Waals surface area (Å²) >= 11 is 0. The Hall–Kier alpha value is -3.86. The first-order valence-electron chi connectivity index (χ1n) is 10.8. The Morgan fingerprint density at radius 3 is 2.12 bits per heavy atom. The molecule has 0 bridgehead atoms. The van der Waals surface area contributed by atoms with Crippen LogP contribution in [0, 0.1) is 6.92 Å². The zero-order valence-corrected chi connectivity index (χ0v) is 18.2. The van der Waals surface area contributed by atoms with Gasteiger partial charge < -0.3 is 15.1 Å². The fourth-order valence-corrected chi connectivity index (χ4v) is 3.72. The fourth-order valence-electron chi connectivity index (χ4n) is 3.72. The molecule has 5 nitrogen and oxygen atoms in total. The summed E-state index contributed by atoms with van der Waals surface area (Å²) in [4.78, 5) is 29.0. The summed E-state index contributed by atoms with van der Waals surface area (Å²) in [5, 5.41) is 2.89. The molecule has 1 aliphatic heterocycles. The van der Waals surface area contributed by atoms with E-state index < -0.39 is 0 Å². The molecule has 1 saturated heterocycles. The van der Waals surface area contributed by atoms with Crippen LogP contribution < -0.4 is 10.2 Å². The largest absolute Gasteiger partial charge is 0.368 e. The molecule has 1 aliphatic rings. The lowest BCUT2D eigenvalue weighted by atomic mass is 10.1. The van der Waals surface area contributed by atoms with Gasteiger partial charge in [0.15, 0.2) is 0 Å². The highest BCUT2D eigenvalue weighted by Gasteiger charge is 2.22.